The average molecular weight is 447 g/mol. The molecular formula is C22H22N3NaO4S. The summed E-state index contributed by atoms with van der Waals surface area (Å²) in [6.45, 7) is 3.85. The molecule has 1 fully saturated rings. The van der Waals surface area contributed by atoms with Crippen LogP contribution < -0.4 is 43.3 Å². The Balaban J connectivity index is 0.00000231. The first kappa shape index (κ1) is 22.5. The molecule has 0 saturated carbocycles. The smallest absolute Gasteiger partial charge is 0.543 e. The van der Waals surface area contributed by atoms with E-state index in [0.717, 1.165) is 22.1 Å². The molecule has 2 aromatic rings. The van der Waals surface area contributed by atoms with Crippen molar-refractivity contribution in [3.05, 3.63) is 47.7 Å². The van der Waals surface area contributed by atoms with Crippen molar-refractivity contribution in [3.63, 3.8) is 0 Å². The number of carboxylic acid groups (broad SMARTS) is 1. The van der Waals surface area contributed by atoms with Crippen LogP contribution in [0.15, 0.2) is 47.7 Å². The van der Waals surface area contributed by atoms with Gasteiger partial charge in [0.25, 0.3) is 0 Å². The third-order valence-corrected chi connectivity index (χ3v) is 7.48. The first-order chi connectivity index (χ1) is 14.3. The topological polar surface area (TPSA) is 87.1 Å². The predicted molar refractivity (Wildman–Crippen MR) is 114 cm³/mol. The minimum atomic E-state index is -1.34. The van der Waals surface area contributed by atoms with E-state index < -0.39 is 18.0 Å². The van der Waals surface area contributed by atoms with Gasteiger partial charge in [-0.05, 0) is 30.0 Å². The number of aliphatic hydroxyl groups excluding tert-OH is 1. The number of benzene rings is 2. The van der Waals surface area contributed by atoms with Crippen molar-refractivity contribution in [2.45, 2.75) is 26.0 Å². The fourth-order valence-corrected chi connectivity index (χ4v) is 6.09. The van der Waals surface area contributed by atoms with Crippen LogP contribution >= 0.6 is 12.1 Å². The van der Waals surface area contributed by atoms with E-state index in [1.54, 1.807) is 6.92 Å². The summed E-state index contributed by atoms with van der Waals surface area (Å²) in [5.74, 6) is -2.44. The van der Waals surface area contributed by atoms with Crippen molar-refractivity contribution >= 4 is 46.2 Å². The second-order valence-electron chi connectivity index (χ2n) is 8.18. The van der Waals surface area contributed by atoms with Gasteiger partial charge in [0.1, 0.15) is 0 Å². The van der Waals surface area contributed by atoms with E-state index in [0.29, 0.717) is 12.1 Å². The van der Waals surface area contributed by atoms with Crippen LogP contribution in [0, 0.1) is 11.8 Å². The zero-order chi connectivity index (χ0) is 21.3. The van der Waals surface area contributed by atoms with Crippen LogP contribution in [0.3, 0.4) is 0 Å². The van der Waals surface area contributed by atoms with E-state index in [1.165, 1.54) is 17.0 Å². The molecule has 31 heavy (non-hydrogen) atoms. The number of fused-ring (bicyclic) bond motifs is 1. The molecule has 0 aromatic heterocycles. The molecule has 0 aliphatic carbocycles. The normalized spacial score (nSPS) is 25.4. The summed E-state index contributed by atoms with van der Waals surface area (Å²) in [4.78, 5) is 25.9. The van der Waals surface area contributed by atoms with Gasteiger partial charge in [0, 0.05) is 18.4 Å². The molecule has 2 aromatic carbocycles. The van der Waals surface area contributed by atoms with Crippen molar-refractivity contribution in [2.24, 2.45) is 11.8 Å². The van der Waals surface area contributed by atoms with Gasteiger partial charge in [-0.1, -0.05) is 31.2 Å². The van der Waals surface area contributed by atoms with Crippen molar-refractivity contribution in [1.82, 2.24) is 4.90 Å². The Kier molecular flexibility index (Phi) is 5.81. The monoisotopic (exact) mass is 447 g/mol. The molecule has 7 nitrogen and oxygen atoms in total. The Hall–Kier alpha value is -1.71. The molecule has 0 radical (unpaired) electrons. The maximum absolute atomic E-state index is 12.6. The third kappa shape index (κ3) is 3.19. The van der Waals surface area contributed by atoms with Crippen LogP contribution in [0.4, 0.5) is 11.4 Å². The molecule has 156 valence electrons. The molecule has 1 N–H and O–H groups in total. The summed E-state index contributed by atoms with van der Waals surface area (Å²) >= 11 is 1.50. The number of β-lactam (4-membered cyclic amide) rings is 1. The number of carbonyl (C=O) groups excluding carboxylic acids is 2. The van der Waals surface area contributed by atoms with Crippen LogP contribution in [0.25, 0.3) is 10.8 Å². The SMILES string of the molecule is CC(O)C1C(=O)N2C(C(=O)[O-])=C(CN3SN(C)c4cccc5cccc3c45)C(C)C12.[Na+]. The number of aliphatic hydroxyl groups is 1. The van der Waals surface area contributed by atoms with Crippen LogP contribution in [-0.4, -0.2) is 47.6 Å². The summed E-state index contributed by atoms with van der Waals surface area (Å²) in [6, 6.07) is 11.9. The van der Waals surface area contributed by atoms with Gasteiger partial charge >= 0.3 is 29.6 Å². The Morgan fingerprint density at radius 1 is 1.23 bits per heavy atom. The standard InChI is InChI=1S/C22H23N3O4S.Na/c1-11-14(20(22(28)29)25-19(11)17(12(2)26)21(25)27)10-24-16-9-5-7-13-6-4-8-15(18(13)16)23(3)30-24;/h4-9,11-12,17,19,26H,10H2,1-3H3,(H,28,29);/q;+1/p-1. The van der Waals surface area contributed by atoms with Gasteiger partial charge in [-0.15, -0.1) is 0 Å². The number of hydrogen-bond acceptors (Lipinski definition) is 7. The average Bonchev–Trinajstić information content (AvgIpc) is 2.94. The van der Waals surface area contributed by atoms with Gasteiger partial charge in [-0.3, -0.25) is 9.10 Å². The fraction of sp³-hybridized carbons (Fsp3) is 0.364. The van der Waals surface area contributed by atoms with E-state index >= 15 is 0 Å². The summed E-state index contributed by atoms with van der Waals surface area (Å²) in [5, 5.41) is 24.3. The van der Waals surface area contributed by atoms with Gasteiger partial charge in [-0.2, -0.15) is 0 Å². The zero-order valence-corrected chi connectivity index (χ0v) is 20.7. The van der Waals surface area contributed by atoms with E-state index in [4.69, 9.17) is 0 Å². The number of nitrogens with zero attached hydrogens (tertiary/aromatic N) is 3. The number of carbonyl (C=O) groups is 2. The van der Waals surface area contributed by atoms with Gasteiger partial charge in [-0.25, -0.2) is 0 Å². The summed E-state index contributed by atoms with van der Waals surface area (Å²) in [5.41, 5.74) is 2.74. The van der Waals surface area contributed by atoms with Gasteiger partial charge in [0.2, 0.25) is 5.91 Å². The number of rotatable bonds is 4. The minimum absolute atomic E-state index is 0. The first-order valence-corrected chi connectivity index (χ1v) is 10.7. The molecule has 4 atom stereocenters. The molecule has 1 saturated heterocycles. The van der Waals surface area contributed by atoms with Gasteiger partial charge in [0.15, 0.2) is 0 Å². The maximum Gasteiger partial charge on any atom is 1.00 e. The molecule has 5 rings (SSSR count). The van der Waals surface area contributed by atoms with Crippen molar-refractivity contribution in [2.75, 3.05) is 22.2 Å². The molecule has 0 bridgehead atoms. The summed E-state index contributed by atoms with van der Waals surface area (Å²) in [6.07, 6.45) is -0.820. The number of aliphatic carboxylic acids is 1. The molecular weight excluding hydrogens is 425 g/mol. The molecule has 0 spiro atoms. The molecule has 3 heterocycles. The second-order valence-corrected chi connectivity index (χ2v) is 9.34. The number of hydrogen-bond donors (Lipinski definition) is 1. The van der Waals surface area contributed by atoms with Crippen LogP contribution in [0.1, 0.15) is 13.8 Å². The third-order valence-electron chi connectivity index (χ3n) is 6.51. The molecule has 9 heteroatoms. The number of anilines is 2. The minimum Gasteiger partial charge on any atom is -0.543 e. The first-order valence-electron chi connectivity index (χ1n) is 9.98. The molecule has 1 amide bonds. The maximum atomic E-state index is 12.6. The second kappa shape index (κ2) is 8.01. The van der Waals surface area contributed by atoms with Crippen molar-refractivity contribution in [1.29, 1.82) is 0 Å². The van der Waals surface area contributed by atoms with Gasteiger partial charge < -0.3 is 24.2 Å². The summed E-state index contributed by atoms with van der Waals surface area (Å²) in [7, 11) is 1.98. The van der Waals surface area contributed by atoms with E-state index in [9.17, 15) is 19.8 Å². The van der Waals surface area contributed by atoms with Crippen LogP contribution in [-0.2, 0) is 9.59 Å². The van der Waals surface area contributed by atoms with Crippen LogP contribution in [0.5, 0.6) is 0 Å². The van der Waals surface area contributed by atoms with E-state index in [2.05, 4.69) is 26.8 Å². The van der Waals surface area contributed by atoms with E-state index in [-0.39, 0.29) is 53.1 Å². The Morgan fingerprint density at radius 3 is 2.48 bits per heavy atom. The van der Waals surface area contributed by atoms with Crippen LogP contribution in [0.2, 0.25) is 0 Å². The van der Waals surface area contributed by atoms with Crippen molar-refractivity contribution in [3.8, 4) is 0 Å². The predicted octanol–water partition coefficient (Wildman–Crippen LogP) is -1.48. The Labute approximate surface area is 207 Å². The molecule has 3 aliphatic rings. The number of amides is 1. The largest absolute Gasteiger partial charge is 1.00 e. The molecule has 4 unspecified atom stereocenters. The Morgan fingerprint density at radius 2 is 1.87 bits per heavy atom. The summed E-state index contributed by atoms with van der Waals surface area (Å²) < 4.78 is 4.13. The van der Waals surface area contributed by atoms with E-state index in [1.807, 2.05) is 32.2 Å². The fourth-order valence-electron chi connectivity index (χ4n) is 5.12. The van der Waals surface area contributed by atoms with Gasteiger partial charge in [0.05, 0.1) is 59.8 Å². The quantitative estimate of drug-likeness (QED) is 0.348. The zero-order valence-electron chi connectivity index (χ0n) is 17.9. The van der Waals surface area contributed by atoms with Crippen molar-refractivity contribution < 1.29 is 49.4 Å². The Bertz CT molecular complexity index is 1120. The molecule has 3 aliphatic heterocycles. The number of carboxylic acids is 1.